The van der Waals surface area contributed by atoms with Crippen LogP contribution in [0.4, 0.5) is 22.0 Å². The molecule has 10 heteroatoms. The summed E-state index contributed by atoms with van der Waals surface area (Å²) >= 11 is 0. The highest BCUT2D eigenvalue weighted by Gasteiger charge is 2.20. The summed E-state index contributed by atoms with van der Waals surface area (Å²) in [6.07, 6.45) is 5.62. The van der Waals surface area contributed by atoms with Crippen molar-refractivity contribution < 1.29 is 14.3 Å². The van der Waals surface area contributed by atoms with Crippen LogP contribution in [-0.2, 0) is 9.53 Å². The zero-order chi connectivity index (χ0) is 22.6. The average molecular weight is 450 g/mol. The third-order valence-electron chi connectivity index (χ3n) is 6.03. The van der Waals surface area contributed by atoms with E-state index in [1.165, 1.54) is 23.7 Å². The molecule has 33 heavy (non-hydrogen) atoms. The topological polar surface area (TPSA) is 105 Å². The number of hydrogen-bond donors (Lipinski definition) is 2. The van der Waals surface area contributed by atoms with Gasteiger partial charge in [0.2, 0.25) is 0 Å². The van der Waals surface area contributed by atoms with E-state index in [0.717, 1.165) is 36.4 Å². The van der Waals surface area contributed by atoms with Crippen molar-refractivity contribution in [2.24, 2.45) is 0 Å². The summed E-state index contributed by atoms with van der Waals surface area (Å²) in [5, 5.41) is 7.01. The number of benzene rings is 1. The van der Waals surface area contributed by atoms with Crippen LogP contribution in [0.1, 0.15) is 12.8 Å². The summed E-state index contributed by atoms with van der Waals surface area (Å²) in [7, 11) is 0. The van der Waals surface area contributed by atoms with E-state index in [-0.39, 0.29) is 18.5 Å². The largest absolute Gasteiger partial charge is 0.370 e. The van der Waals surface area contributed by atoms with Crippen molar-refractivity contribution in [2.75, 3.05) is 56.2 Å². The van der Waals surface area contributed by atoms with Gasteiger partial charge in [0.1, 0.15) is 18.8 Å². The number of nitrogens with zero attached hydrogens (tertiary/aromatic N) is 5. The fourth-order valence-corrected chi connectivity index (χ4v) is 4.28. The monoisotopic (exact) mass is 449 g/mol. The molecule has 2 amide bonds. The van der Waals surface area contributed by atoms with Crippen molar-refractivity contribution in [3.8, 4) is 0 Å². The van der Waals surface area contributed by atoms with Gasteiger partial charge in [-0.15, -0.1) is 0 Å². The second-order valence-corrected chi connectivity index (χ2v) is 8.20. The van der Waals surface area contributed by atoms with E-state index in [1.54, 1.807) is 11.1 Å². The Morgan fingerprint density at radius 2 is 1.88 bits per heavy atom. The molecule has 0 atom stereocenters. The predicted octanol–water partition coefficient (Wildman–Crippen LogP) is 2.19. The smallest absolute Gasteiger partial charge is 0.327 e. The number of nitrogens with one attached hydrogen (secondary N) is 2. The minimum absolute atomic E-state index is 0.0421. The van der Waals surface area contributed by atoms with E-state index in [1.807, 2.05) is 30.3 Å². The number of likely N-dealkylation sites (tertiary alicyclic amines) is 1. The number of aromatic nitrogens is 3. The molecule has 3 aromatic rings. The normalized spacial score (nSPS) is 17.0. The van der Waals surface area contributed by atoms with Crippen molar-refractivity contribution >= 4 is 40.2 Å². The van der Waals surface area contributed by atoms with Crippen LogP contribution in [-0.4, -0.2) is 77.3 Å². The standard InChI is InChI=1S/C23H27N7O3/c31-20-15-33-14-13-29(20)18-5-3-17(4-6-18)27-21-19-7-11-30(22(19)26-16-25-21)23(32)24-8-12-28-9-1-2-10-28/h3-7,11,16H,1-2,8-10,12-15H2,(H,24,32)(H,25,26,27). The molecule has 0 aliphatic carbocycles. The summed E-state index contributed by atoms with van der Waals surface area (Å²) in [6, 6.07) is 9.21. The van der Waals surface area contributed by atoms with Gasteiger partial charge >= 0.3 is 6.03 Å². The van der Waals surface area contributed by atoms with Gasteiger partial charge in [-0.05, 0) is 56.3 Å². The van der Waals surface area contributed by atoms with Crippen molar-refractivity contribution in [1.29, 1.82) is 0 Å². The number of amides is 2. The summed E-state index contributed by atoms with van der Waals surface area (Å²) in [5.74, 6) is 0.568. The quantitative estimate of drug-likeness (QED) is 0.594. The van der Waals surface area contributed by atoms with Gasteiger partial charge in [-0.25, -0.2) is 14.8 Å². The maximum atomic E-state index is 12.7. The Kier molecular flexibility index (Phi) is 6.18. The van der Waals surface area contributed by atoms with Gasteiger partial charge in [-0.1, -0.05) is 0 Å². The molecule has 0 bridgehead atoms. The van der Waals surface area contributed by atoms with Crippen LogP contribution in [0.2, 0.25) is 0 Å². The van der Waals surface area contributed by atoms with Crippen LogP contribution in [0.3, 0.4) is 0 Å². The van der Waals surface area contributed by atoms with Crippen molar-refractivity contribution in [3.05, 3.63) is 42.9 Å². The molecule has 2 saturated heterocycles. The van der Waals surface area contributed by atoms with Crippen LogP contribution < -0.4 is 15.5 Å². The highest BCUT2D eigenvalue weighted by molar-refractivity contribution is 5.96. The predicted molar refractivity (Wildman–Crippen MR) is 125 cm³/mol. The van der Waals surface area contributed by atoms with E-state index >= 15 is 0 Å². The zero-order valence-electron chi connectivity index (χ0n) is 18.4. The van der Waals surface area contributed by atoms with Crippen molar-refractivity contribution in [1.82, 2.24) is 24.8 Å². The molecule has 0 radical (unpaired) electrons. The number of carbonyl (C=O) groups excluding carboxylic acids is 2. The first kappa shape index (κ1) is 21.4. The number of carbonyl (C=O) groups is 2. The van der Waals surface area contributed by atoms with Crippen LogP contribution in [0.5, 0.6) is 0 Å². The molecule has 2 aromatic heterocycles. The van der Waals surface area contributed by atoms with E-state index in [2.05, 4.69) is 25.5 Å². The van der Waals surface area contributed by atoms with Crippen LogP contribution >= 0.6 is 0 Å². The molecular weight excluding hydrogens is 422 g/mol. The fraction of sp³-hybridized carbons (Fsp3) is 0.391. The summed E-state index contributed by atoms with van der Waals surface area (Å²) < 4.78 is 6.70. The lowest BCUT2D eigenvalue weighted by Gasteiger charge is -2.26. The van der Waals surface area contributed by atoms with Crippen molar-refractivity contribution in [2.45, 2.75) is 12.8 Å². The molecule has 0 saturated carbocycles. The van der Waals surface area contributed by atoms with Crippen LogP contribution in [0.15, 0.2) is 42.9 Å². The molecule has 0 spiro atoms. The van der Waals surface area contributed by atoms with E-state index in [4.69, 9.17) is 4.74 Å². The molecule has 172 valence electrons. The van der Waals surface area contributed by atoms with Gasteiger partial charge in [-0.2, -0.15) is 0 Å². The van der Waals surface area contributed by atoms with Gasteiger partial charge in [0, 0.05) is 37.2 Å². The third-order valence-corrected chi connectivity index (χ3v) is 6.03. The Labute approximate surface area is 191 Å². The Morgan fingerprint density at radius 3 is 2.67 bits per heavy atom. The highest BCUT2D eigenvalue weighted by Crippen LogP contribution is 2.26. The summed E-state index contributed by atoms with van der Waals surface area (Å²) in [6.45, 7) is 4.87. The number of morpholine rings is 1. The van der Waals surface area contributed by atoms with E-state index < -0.39 is 0 Å². The average Bonchev–Trinajstić information content (AvgIpc) is 3.51. The molecular formula is C23H27N7O3. The van der Waals surface area contributed by atoms with E-state index in [0.29, 0.717) is 31.2 Å². The number of anilines is 3. The van der Waals surface area contributed by atoms with Gasteiger partial charge in [-0.3, -0.25) is 9.36 Å². The number of ether oxygens (including phenoxy) is 1. The SMILES string of the molecule is O=C1COCCN1c1ccc(Nc2ncnc3c2ccn3C(=O)NCCN2CCCC2)cc1. The second-order valence-electron chi connectivity index (χ2n) is 8.20. The molecule has 2 fully saturated rings. The third kappa shape index (κ3) is 4.67. The molecule has 0 unspecified atom stereocenters. The summed E-state index contributed by atoms with van der Waals surface area (Å²) in [4.78, 5) is 37.5. The van der Waals surface area contributed by atoms with Gasteiger partial charge in [0.25, 0.3) is 5.91 Å². The first-order valence-corrected chi connectivity index (χ1v) is 11.3. The Bertz CT molecular complexity index is 1140. The lowest BCUT2D eigenvalue weighted by atomic mass is 10.2. The van der Waals surface area contributed by atoms with Gasteiger partial charge in [0.15, 0.2) is 5.65 Å². The summed E-state index contributed by atoms with van der Waals surface area (Å²) in [5.41, 5.74) is 2.20. The second kappa shape index (κ2) is 9.55. The first-order chi connectivity index (χ1) is 16.2. The lowest BCUT2D eigenvalue weighted by molar-refractivity contribution is -0.125. The molecule has 4 heterocycles. The Hall–Kier alpha value is -3.50. The fourth-order valence-electron chi connectivity index (χ4n) is 4.28. The van der Waals surface area contributed by atoms with Crippen LogP contribution in [0, 0.1) is 0 Å². The van der Waals surface area contributed by atoms with Gasteiger partial charge in [0.05, 0.1) is 12.0 Å². The maximum absolute atomic E-state index is 12.7. The van der Waals surface area contributed by atoms with Crippen LogP contribution in [0.25, 0.3) is 11.0 Å². The molecule has 5 rings (SSSR count). The molecule has 10 nitrogen and oxygen atoms in total. The number of fused-ring (bicyclic) bond motifs is 1. The van der Waals surface area contributed by atoms with E-state index in [9.17, 15) is 9.59 Å². The van der Waals surface area contributed by atoms with Crippen molar-refractivity contribution in [3.63, 3.8) is 0 Å². The molecule has 2 N–H and O–H groups in total. The van der Waals surface area contributed by atoms with Gasteiger partial charge < -0.3 is 25.2 Å². The zero-order valence-corrected chi connectivity index (χ0v) is 18.4. The Morgan fingerprint density at radius 1 is 1.06 bits per heavy atom. The first-order valence-electron chi connectivity index (χ1n) is 11.3. The highest BCUT2D eigenvalue weighted by atomic mass is 16.5. The lowest BCUT2D eigenvalue weighted by Crippen LogP contribution is -2.41. The minimum atomic E-state index is -0.201. The molecule has 2 aliphatic heterocycles. The maximum Gasteiger partial charge on any atom is 0.327 e. The number of rotatable bonds is 6. The number of hydrogen-bond acceptors (Lipinski definition) is 7. The Balaban J connectivity index is 1.26. The molecule has 1 aromatic carbocycles. The molecule has 2 aliphatic rings. The minimum Gasteiger partial charge on any atom is -0.370 e.